The Morgan fingerprint density at radius 3 is 2.70 bits per heavy atom. The van der Waals surface area contributed by atoms with Gasteiger partial charge in [0.25, 0.3) is 0 Å². The van der Waals surface area contributed by atoms with Gasteiger partial charge in [0.2, 0.25) is 0 Å². The second-order valence-electron chi connectivity index (χ2n) is 6.08. The van der Waals surface area contributed by atoms with Crippen molar-refractivity contribution in [1.82, 2.24) is 24.6 Å². The molecule has 3 aromatic rings. The zero-order chi connectivity index (χ0) is 15.8. The van der Waals surface area contributed by atoms with Crippen LogP contribution < -0.4 is 4.90 Å². The van der Waals surface area contributed by atoms with Gasteiger partial charge in [-0.25, -0.2) is 9.97 Å². The van der Waals surface area contributed by atoms with Gasteiger partial charge in [0.05, 0.1) is 17.6 Å². The molecule has 0 unspecified atom stereocenters. The summed E-state index contributed by atoms with van der Waals surface area (Å²) >= 11 is 0. The maximum Gasteiger partial charge on any atom is 0.163 e. The van der Waals surface area contributed by atoms with Crippen molar-refractivity contribution in [1.29, 1.82) is 0 Å². The van der Waals surface area contributed by atoms with Crippen molar-refractivity contribution < 1.29 is 0 Å². The summed E-state index contributed by atoms with van der Waals surface area (Å²) in [5.41, 5.74) is 2.19. The van der Waals surface area contributed by atoms with Gasteiger partial charge in [-0.2, -0.15) is 5.10 Å². The SMILES string of the molecule is CN1CCN(c2ncnc3c2cnn3C)[C@@H](c2ccccc2)C1. The fourth-order valence-corrected chi connectivity index (χ4v) is 3.31. The van der Waals surface area contributed by atoms with E-state index in [9.17, 15) is 0 Å². The maximum atomic E-state index is 4.59. The van der Waals surface area contributed by atoms with Crippen LogP contribution in [0.3, 0.4) is 0 Å². The molecule has 0 aliphatic carbocycles. The van der Waals surface area contributed by atoms with Crippen molar-refractivity contribution in [2.45, 2.75) is 6.04 Å². The van der Waals surface area contributed by atoms with Crippen LogP contribution in [0.5, 0.6) is 0 Å². The number of fused-ring (bicyclic) bond motifs is 1. The minimum Gasteiger partial charge on any atom is -0.346 e. The summed E-state index contributed by atoms with van der Waals surface area (Å²) < 4.78 is 1.80. The Bertz CT molecular complexity index is 812. The molecule has 118 valence electrons. The van der Waals surface area contributed by atoms with Crippen molar-refractivity contribution in [3.8, 4) is 0 Å². The minimum atomic E-state index is 0.285. The van der Waals surface area contributed by atoms with E-state index in [1.165, 1.54) is 5.56 Å². The van der Waals surface area contributed by atoms with Crippen LogP contribution in [0.4, 0.5) is 5.82 Å². The molecule has 6 heteroatoms. The molecule has 0 bridgehead atoms. The van der Waals surface area contributed by atoms with Crippen LogP contribution in [0.15, 0.2) is 42.9 Å². The summed E-state index contributed by atoms with van der Waals surface area (Å²) in [5.74, 6) is 0.977. The molecule has 0 amide bonds. The fourth-order valence-electron chi connectivity index (χ4n) is 3.31. The van der Waals surface area contributed by atoms with E-state index in [1.807, 2.05) is 13.2 Å². The van der Waals surface area contributed by atoms with Crippen molar-refractivity contribution in [3.63, 3.8) is 0 Å². The first-order chi connectivity index (χ1) is 11.2. The number of hydrogen-bond acceptors (Lipinski definition) is 5. The molecule has 0 radical (unpaired) electrons. The molecule has 3 heterocycles. The number of likely N-dealkylation sites (N-methyl/N-ethyl adjacent to an activating group) is 1. The lowest BCUT2D eigenvalue weighted by Crippen LogP contribution is -2.47. The average Bonchev–Trinajstić information content (AvgIpc) is 2.97. The standard InChI is InChI=1S/C17H20N6/c1-21-8-9-23(15(11-21)13-6-4-3-5-7-13)17-14-10-20-22(2)16(14)18-12-19-17/h3-7,10,12,15H,8-9,11H2,1-2H3/t15-/m1/s1. The molecule has 1 fully saturated rings. The molecule has 0 spiro atoms. The highest BCUT2D eigenvalue weighted by Crippen LogP contribution is 2.32. The Labute approximate surface area is 135 Å². The van der Waals surface area contributed by atoms with Crippen LogP contribution in [0.1, 0.15) is 11.6 Å². The van der Waals surface area contributed by atoms with Crippen molar-refractivity contribution in [3.05, 3.63) is 48.4 Å². The highest BCUT2D eigenvalue weighted by Gasteiger charge is 2.29. The van der Waals surface area contributed by atoms with Crippen LogP contribution in [-0.2, 0) is 7.05 Å². The molecule has 23 heavy (non-hydrogen) atoms. The molecular formula is C17H20N6. The van der Waals surface area contributed by atoms with Crippen molar-refractivity contribution in [2.24, 2.45) is 7.05 Å². The predicted octanol–water partition coefficient (Wildman–Crippen LogP) is 1.86. The number of aryl methyl sites for hydroxylation is 1. The molecule has 1 aromatic carbocycles. The minimum absolute atomic E-state index is 0.285. The quantitative estimate of drug-likeness (QED) is 0.723. The Morgan fingerprint density at radius 1 is 1.04 bits per heavy atom. The summed E-state index contributed by atoms with van der Waals surface area (Å²) in [6, 6.07) is 10.9. The van der Waals surface area contributed by atoms with Gasteiger partial charge >= 0.3 is 0 Å². The summed E-state index contributed by atoms with van der Waals surface area (Å²) in [6.07, 6.45) is 3.50. The molecule has 6 nitrogen and oxygen atoms in total. The molecule has 0 saturated carbocycles. The van der Waals surface area contributed by atoms with Gasteiger partial charge in [-0.15, -0.1) is 0 Å². The maximum absolute atomic E-state index is 4.59. The van der Waals surface area contributed by atoms with Crippen LogP contribution in [0.25, 0.3) is 11.0 Å². The second kappa shape index (κ2) is 5.62. The summed E-state index contributed by atoms with van der Waals surface area (Å²) in [6.45, 7) is 2.95. The highest BCUT2D eigenvalue weighted by molar-refractivity contribution is 5.86. The number of nitrogens with zero attached hydrogens (tertiary/aromatic N) is 6. The third-order valence-corrected chi connectivity index (χ3v) is 4.55. The molecule has 4 rings (SSSR count). The predicted molar refractivity (Wildman–Crippen MR) is 90.3 cm³/mol. The Morgan fingerprint density at radius 2 is 1.87 bits per heavy atom. The van der Waals surface area contributed by atoms with Gasteiger partial charge in [-0.05, 0) is 12.6 Å². The van der Waals surface area contributed by atoms with Crippen LogP contribution in [-0.4, -0.2) is 51.3 Å². The van der Waals surface area contributed by atoms with E-state index in [4.69, 9.17) is 0 Å². The summed E-state index contributed by atoms with van der Waals surface area (Å²) in [4.78, 5) is 13.7. The Balaban J connectivity index is 1.81. The third-order valence-electron chi connectivity index (χ3n) is 4.55. The van der Waals surface area contributed by atoms with Gasteiger partial charge in [-0.3, -0.25) is 4.68 Å². The highest BCUT2D eigenvalue weighted by atomic mass is 15.3. The first kappa shape index (κ1) is 14.1. The first-order valence-electron chi connectivity index (χ1n) is 7.87. The van der Waals surface area contributed by atoms with Crippen LogP contribution in [0.2, 0.25) is 0 Å². The van der Waals surface area contributed by atoms with E-state index in [-0.39, 0.29) is 6.04 Å². The third kappa shape index (κ3) is 2.45. The van der Waals surface area contributed by atoms with Gasteiger partial charge in [0.1, 0.15) is 12.1 Å². The number of anilines is 1. The van der Waals surface area contributed by atoms with E-state index < -0.39 is 0 Å². The smallest absolute Gasteiger partial charge is 0.163 e. The normalized spacial score (nSPS) is 19.4. The van der Waals surface area contributed by atoms with Gasteiger partial charge in [0, 0.05) is 26.7 Å². The largest absolute Gasteiger partial charge is 0.346 e. The molecule has 0 N–H and O–H groups in total. The number of rotatable bonds is 2. The number of piperazine rings is 1. The van der Waals surface area contributed by atoms with Crippen molar-refractivity contribution >= 4 is 16.9 Å². The first-order valence-corrected chi connectivity index (χ1v) is 7.87. The summed E-state index contributed by atoms with van der Waals surface area (Å²) in [7, 11) is 4.09. The van der Waals surface area contributed by atoms with Crippen molar-refractivity contribution in [2.75, 3.05) is 31.6 Å². The molecule has 1 aliphatic rings. The molecule has 1 atom stereocenters. The number of benzene rings is 1. The molecule has 1 saturated heterocycles. The van der Waals surface area contributed by atoms with Gasteiger partial charge in [0.15, 0.2) is 5.65 Å². The topological polar surface area (TPSA) is 50.1 Å². The molecule has 1 aliphatic heterocycles. The van der Waals surface area contributed by atoms with E-state index in [0.717, 1.165) is 36.5 Å². The average molecular weight is 308 g/mol. The summed E-state index contributed by atoms with van der Waals surface area (Å²) in [5, 5.41) is 5.36. The second-order valence-corrected chi connectivity index (χ2v) is 6.08. The van der Waals surface area contributed by atoms with E-state index >= 15 is 0 Å². The Kier molecular flexibility index (Phi) is 3.46. The zero-order valence-corrected chi connectivity index (χ0v) is 13.4. The Hall–Kier alpha value is -2.47. The van der Waals surface area contributed by atoms with E-state index in [1.54, 1.807) is 11.0 Å². The lowest BCUT2D eigenvalue weighted by atomic mass is 10.0. The van der Waals surface area contributed by atoms with E-state index in [0.29, 0.717) is 0 Å². The van der Waals surface area contributed by atoms with Gasteiger partial charge in [-0.1, -0.05) is 30.3 Å². The fraction of sp³-hybridized carbons (Fsp3) is 0.353. The van der Waals surface area contributed by atoms with Crippen LogP contribution >= 0.6 is 0 Å². The van der Waals surface area contributed by atoms with E-state index in [2.05, 4.69) is 62.2 Å². The number of aromatic nitrogens is 4. The lowest BCUT2D eigenvalue weighted by Gasteiger charge is -2.41. The lowest BCUT2D eigenvalue weighted by molar-refractivity contribution is 0.268. The van der Waals surface area contributed by atoms with Crippen LogP contribution in [0, 0.1) is 0 Å². The zero-order valence-electron chi connectivity index (χ0n) is 13.4. The number of hydrogen-bond donors (Lipinski definition) is 0. The van der Waals surface area contributed by atoms with Gasteiger partial charge < -0.3 is 9.80 Å². The molecule has 2 aromatic heterocycles. The molecular weight excluding hydrogens is 288 g/mol. The monoisotopic (exact) mass is 308 g/mol.